The smallest absolute Gasteiger partial charge is 0.310 e. The average Bonchev–Trinajstić information content (AvgIpc) is 3.28. The molecule has 0 N–H and O–H groups in total. The van der Waals surface area contributed by atoms with Gasteiger partial charge in [-0.25, -0.2) is 0 Å². The number of rotatable bonds is 9. The summed E-state index contributed by atoms with van der Waals surface area (Å²) in [6, 6.07) is 17.3. The van der Waals surface area contributed by atoms with Crippen molar-refractivity contribution in [3.8, 4) is 11.5 Å². The van der Waals surface area contributed by atoms with E-state index in [1.807, 2.05) is 55.5 Å². The molecule has 0 atom stereocenters. The number of hydrogen-bond donors (Lipinski definition) is 0. The molecule has 176 valence electrons. The number of fused-ring (bicyclic) bond motifs is 3. The molecule has 0 fully saturated rings. The summed E-state index contributed by atoms with van der Waals surface area (Å²) in [6.45, 7) is 2.40. The number of nitrogens with zero attached hydrogens (tertiary/aromatic N) is 1. The zero-order chi connectivity index (χ0) is 24.1. The lowest BCUT2D eigenvalue weighted by molar-refractivity contribution is -0.151. The summed E-state index contributed by atoms with van der Waals surface area (Å²) < 4.78 is 21.6. The van der Waals surface area contributed by atoms with Gasteiger partial charge in [-0.2, -0.15) is 0 Å². The summed E-state index contributed by atoms with van der Waals surface area (Å²) in [5.41, 5.74) is 2.34. The second kappa shape index (κ2) is 10.3. The predicted octanol–water partition coefficient (Wildman–Crippen LogP) is 4.74. The molecular weight excluding hydrogens is 434 g/mol. The first-order valence-corrected chi connectivity index (χ1v) is 11.1. The zero-order valence-corrected chi connectivity index (χ0v) is 19.5. The molecule has 0 saturated heterocycles. The highest BCUT2D eigenvalue weighted by Gasteiger charge is 2.18. The molecule has 7 nitrogen and oxygen atoms in total. The van der Waals surface area contributed by atoms with Crippen molar-refractivity contribution in [2.45, 2.75) is 19.9 Å². The minimum Gasteiger partial charge on any atom is -0.493 e. The van der Waals surface area contributed by atoms with Gasteiger partial charge in [-0.15, -0.1) is 0 Å². The molecule has 34 heavy (non-hydrogen) atoms. The van der Waals surface area contributed by atoms with Gasteiger partial charge in [-0.1, -0.05) is 36.4 Å². The number of carbonyl (C=O) groups excluding carboxylic acids is 2. The van der Waals surface area contributed by atoms with Crippen LogP contribution in [0.5, 0.6) is 11.5 Å². The van der Waals surface area contributed by atoms with Gasteiger partial charge < -0.3 is 23.5 Å². The molecule has 0 aliphatic heterocycles. The minimum atomic E-state index is -0.480. The van der Waals surface area contributed by atoms with E-state index in [1.54, 1.807) is 31.4 Å². The summed E-state index contributed by atoms with van der Waals surface area (Å²) in [5, 5.41) is 2.97. The fourth-order valence-corrected chi connectivity index (χ4v) is 4.02. The van der Waals surface area contributed by atoms with Crippen molar-refractivity contribution < 1.29 is 28.2 Å². The maximum atomic E-state index is 12.7. The quantitative estimate of drug-likeness (QED) is 0.335. The zero-order valence-electron chi connectivity index (χ0n) is 19.5. The van der Waals surface area contributed by atoms with Crippen LogP contribution >= 0.6 is 0 Å². The van der Waals surface area contributed by atoms with E-state index in [9.17, 15) is 9.59 Å². The van der Waals surface area contributed by atoms with E-state index in [0.717, 1.165) is 27.3 Å². The average molecular weight is 462 g/mol. The Labute approximate surface area is 197 Å². The Morgan fingerprint density at radius 1 is 0.971 bits per heavy atom. The number of benzene rings is 3. The fourth-order valence-electron chi connectivity index (χ4n) is 4.02. The molecule has 3 aromatic carbocycles. The van der Waals surface area contributed by atoms with E-state index >= 15 is 0 Å². The van der Waals surface area contributed by atoms with E-state index in [2.05, 4.69) is 0 Å². The molecule has 0 aliphatic carbocycles. The monoisotopic (exact) mass is 461 g/mol. The maximum Gasteiger partial charge on any atom is 0.310 e. The summed E-state index contributed by atoms with van der Waals surface area (Å²) in [6.07, 6.45) is 1.60. The molecule has 1 amide bonds. The molecule has 4 rings (SSSR count). The summed E-state index contributed by atoms with van der Waals surface area (Å²) in [4.78, 5) is 26.9. The highest BCUT2D eigenvalue weighted by molar-refractivity contribution is 6.08. The van der Waals surface area contributed by atoms with Crippen molar-refractivity contribution in [2.75, 3.05) is 27.4 Å². The number of ether oxygens (including phenoxy) is 3. The van der Waals surface area contributed by atoms with Crippen LogP contribution in [0.1, 0.15) is 18.1 Å². The third-order valence-electron chi connectivity index (χ3n) is 5.79. The van der Waals surface area contributed by atoms with E-state index in [1.165, 1.54) is 0 Å². The van der Waals surface area contributed by atoms with Crippen molar-refractivity contribution in [1.82, 2.24) is 4.90 Å². The van der Waals surface area contributed by atoms with Gasteiger partial charge >= 0.3 is 5.97 Å². The van der Waals surface area contributed by atoms with Crippen LogP contribution in [0.15, 0.2) is 65.3 Å². The molecule has 0 spiro atoms. The molecule has 7 heteroatoms. The lowest BCUT2D eigenvalue weighted by Gasteiger charge is -2.21. The molecule has 0 saturated carbocycles. The van der Waals surface area contributed by atoms with Crippen LogP contribution in [-0.2, 0) is 27.3 Å². The van der Waals surface area contributed by atoms with Gasteiger partial charge in [0.15, 0.2) is 18.1 Å². The highest BCUT2D eigenvalue weighted by Crippen LogP contribution is 2.30. The molecule has 0 unspecified atom stereocenters. The molecule has 1 heterocycles. The minimum absolute atomic E-state index is 0.0239. The lowest BCUT2D eigenvalue weighted by Crippen LogP contribution is -2.34. The number of carbonyl (C=O) groups is 2. The van der Waals surface area contributed by atoms with Crippen molar-refractivity contribution >= 4 is 33.6 Å². The van der Waals surface area contributed by atoms with Gasteiger partial charge in [0, 0.05) is 24.0 Å². The van der Waals surface area contributed by atoms with Crippen molar-refractivity contribution in [2.24, 2.45) is 0 Å². The van der Waals surface area contributed by atoms with Gasteiger partial charge in [0.1, 0.15) is 5.58 Å². The molecular formula is C27H27NO6. The van der Waals surface area contributed by atoms with Gasteiger partial charge in [0.25, 0.3) is 5.91 Å². The number of hydrogen-bond acceptors (Lipinski definition) is 6. The normalized spacial score (nSPS) is 10.9. The topological polar surface area (TPSA) is 78.2 Å². The molecule has 0 radical (unpaired) electrons. The summed E-state index contributed by atoms with van der Waals surface area (Å²) >= 11 is 0. The standard InChI is InChI=1S/C27H27NO6/c1-4-28(15-18-9-11-22(31-2)24(13-18)32-3)25(29)17-34-26(30)14-20-16-33-23-12-10-19-7-5-6-8-21(19)27(20)23/h5-13,16H,4,14-15,17H2,1-3H3. The predicted molar refractivity (Wildman–Crippen MR) is 129 cm³/mol. The molecule has 0 bridgehead atoms. The highest BCUT2D eigenvalue weighted by atomic mass is 16.5. The van der Waals surface area contributed by atoms with Crippen LogP contribution in [0.3, 0.4) is 0 Å². The second-order valence-corrected chi connectivity index (χ2v) is 7.86. The van der Waals surface area contributed by atoms with Gasteiger partial charge in [-0.3, -0.25) is 9.59 Å². The molecule has 1 aromatic heterocycles. The number of esters is 1. The SMILES string of the molecule is CCN(Cc1ccc(OC)c(OC)c1)C(=O)COC(=O)Cc1coc2ccc3ccccc3c12. The van der Waals surface area contributed by atoms with E-state index in [4.69, 9.17) is 18.6 Å². The summed E-state index contributed by atoms with van der Waals surface area (Å²) in [7, 11) is 3.14. The van der Waals surface area contributed by atoms with Crippen molar-refractivity contribution in [3.63, 3.8) is 0 Å². The Balaban J connectivity index is 1.40. The van der Waals surface area contributed by atoms with Crippen LogP contribution in [0.25, 0.3) is 21.7 Å². The van der Waals surface area contributed by atoms with Crippen LogP contribution in [0, 0.1) is 0 Å². The van der Waals surface area contributed by atoms with Gasteiger partial charge in [0.05, 0.1) is 26.9 Å². The van der Waals surface area contributed by atoms with Crippen molar-refractivity contribution in [1.29, 1.82) is 0 Å². The first-order chi connectivity index (χ1) is 16.5. The first kappa shape index (κ1) is 23.2. The largest absolute Gasteiger partial charge is 0.493 e. The van der Waals surface area contributed by atoms with Gasteiger partial charge in [0.2, 0.25) is 0 Å². The maximum absolute atomic E-state index is 12.7. The van der Waals surface area contributed by atoms with Crippen LogP contribution < -0.4 is 9.47 Å². The number of furan rings is 1. The van der Waals surface area contributed by atoms with Crippen LogP contribution in [0.2, 0.25) is 0 Å². The van der Waals surface area contributed by atoms with E-state index < -0.39 is 5.97 Å². The Hall–Kier alpha value is -4.00. The van der Waals surface area contributed by atoms with Crippen LogP contribution in [-0.4, -0.2) is 44.1 Å². The number of methoxy groups -OCH3 is 2. The van der Waals surface area contributed by atoms with E-state index in [0.29, 0.717) is 30.2 Å². The third kappa shape index (κ3) is 4.83. The Bertz CT molecular complexity index is 1330. The number of amides is 1. The Kier molecular flexibility index (Phi) is 7.01. The molecule has 4 aromatic rings. The van der Waals surface area contributed by atoms with Crippen molar-refractivity contribution in [3.05, 3.63) is 72.0 Å². The Morgan fingerprint density at radius 3 is 2.53 bits per heavy atom. The lowest BCUT2D eigenvalue weighted by atomic mass is 10.0. The van der Waals surface area contributed by atoms with E-state index in [-0.39, 0.29) is 18.9 Å². The fraction of sp³-hybridized carbons (Fsp3) is 0.259. The number of likely N-dealkylation sites (N-methyl/N-ethyl adjacent to an activating group) is 1. The first-order valence-electron chi connectivity index (χ1n) is 11.1. The second-order valence-electron chi connectivity index (χ2n) is 7.86. The Morgan fingerprint density at radius 2 is 1.76 bits per heavy atom. The van der Waals surface area contributed by atoms with Crippen LogP contribution in [0.4, 0.5) is 0 Å². The summed E-state index contributed by atoms with van der Waals surface area (Å²) in [5.74, 6) is 0.461. The molecule has 0 aliphatic rings. The van der Waals surface area contributed by atoms with Gasteiger partial charge in [-0.05, 0) is 41.5 Å². The third-order valence-corrected chi connectivity index (χ3v) is 5.79.